The highest BCUT2D eigenvalue weighted by Crippen LogP contribution is 2.09. The van der Waals surface area contributed by atoms with Crippen molar-refractivity contribution < 1.29 is 9.47 Å². The quantitative estimate of drug-likeness (QED) is 0.679. The highest BCUT2D eigenvalue weighted by molar-refractivity contribution is 5.13. The smallest absolute Gasteiger partial charge is 0.316 e. The molecule has 1 aromatic heterocycles. The molecule has 4 nitrogen and oxygen atoms in total. The molecular weight excluding hydrogens is 156 g/mol. The third-order valence-electron chi connectivity index (χ3n) is 1.19. The fourth-order valence-electron chi connectivity index (χ4n) is 0.749. The minimum atomic E-state index is 0.390. The Hall–Kier alpha value is -1.32. The normalized spacial score (nSPS) is 9.50. The highest BCUT2D eigenvalue weighted by Gasteiger charge is 1.96. The summed E-state index contributed by atoms with van der Waals surface area (Å²) in [5.41, 5.74) is 0. The van der Waals surface area contributed by atoms with Crippen LogP contribution in [-0.2, 0) is 0 Å². The second-order valence-electron chi connectivity index (χ2n) is 2.07. The number of aromatic nitrogens is 2. The molecule has 0 N–H and O–H groups in total. The van der Waals surface area contributed by atoms with Crippen LogP contribution in [-0.4, -0.2) is 23.2 Å². The molecule has 66 valence electrons. The van der Waals surface area contributed by atoms with Gasteiger partial charge in [-0.2, -0.15) is 9.97 Å². The Bertz CT molecular complexity index is 198. The summed E-state index contributed by atoms with van der Waals surface area (Å²) in [4.78, 5) is 7.86. The van der Waals surface area contributed by atoms with E-state index in [1.807, 2.05) is 13.8 Å². The molecule has 12 heavy (non-hydrogen) atoms. The largest absolute Gasteiger partial charge is 0.491 e. The summed E-state index contributed by atoms with van der Waals surface area (Å²) < 4.78 is 10.2. The lowest BCUT2D eigenvalue weighted by atomic mass is 10.6. The number of rotatable bonds is 4. The summed E-state index contributed by atoms with van der Waals surface area (Å²) in [6.45, 7) is 5.00. The summed E-state index contributed by atoms with van der Waals surface area (Å²) in [6, 6.07) is 0.390. The van der Waals surface area contributed by atoms with Gasteiger partial charge in [0.15, 0.2) is 5.75 Å². The monoisotopic (exact) mass is 168 g/mol. The van der Waals surface area contributed by atoms with Gasteiger partial charge in [0.1, 0.15) is 0 Å². The van der Waals surface area contributed by atoms with E-state index < -0.39 is 0 Å². The Morgan fingerprint density at radius 1 is 1.08 bits per heavy atom. The van der Waals surface area contributed by atoms with E-state index in [0.29, 0.717) is 25.0 Å². The van der Waals surface area contributed by atoms with E-state index in [1.54, 1.807) is 12.4 Å². The van der Waals surface area contributed by atoms with Crippen molar-refractivity contribution in [3.63, 3.8) is 0 Å². The SMILES string of the molecule is CCOc1cnc(OCC)nc1. The molecule has 0 fully saturated rings. The van der Waals surface area contributed by atoms with E-state index in [2.05, 4.69) is 9.97 Å². The molecule has 0 amide bonds. The third kappa shape index (κ3) is 2.38. The first-order valence-corrected chi connectivity index (χ1v) is 3.94. The molecule has 0 radical (unpaired) electrons. The zero-order chi connectivity index (χ0) is 8.81. The molecule has 0 aliphatic heterocycles. The third-order valence-corrected chi connectivity index (χ3v) is 1.19. The Labute approximate surface area is 71.6 Å². The van der Waals surface area contributed by atoms with Crippen LogP contribution < -0.4 is 9.47 Å². The van der Waals surface area contributed by atoms with Gasteiger partial charge in [0.2, 0.25) is 0 Å². The lowest BCUT2D eigenvalue weighted by molar-refractivity contribution is 0.304. The molecule has 1 rings (SSSR count). The number of hydrogen-bond donors (Lipinski definition) is 0. The van der Waals surface area contributed by atoms with Gasteiger partial charge >= 0.3 is 6.01 Å². The topological polar surface area (TPSA) is 44.2 Å². The van der Waals surface area contributed by atoms with Gasteiger partial charge in [-0.1, -0.05) is 0 Å². The molecular formula is C8H12N2O2. The van der Waals surface area contributed by atoms with Crippen LogP contribution in [0.15, 0.2) is 12.4 Å². The van der Waals surface area contributed by atoms with Gasteiger partial charge < -0.3 is 9.47 Å². The summed E-state index contributed by atoms with van der Waals surface area (Å²) >= 11 is 0. The van der Waals surface area contributed by atoms with Crippen molar-refractivity contribution in [1.82, 2.24) is 9.97 Å². The first-order chi connectivity index (χ1) is 5.86. The van der Waals surface area contributed by atoms with E-state index in [4.69, 9.17) is 9.47 Å². The van der Waals surface area contributed by atoms with Gasteiger partial charge in [0.25, 0.3) is 0 Å². The number of hydrogen-bond acceptors (Lipinski definition) is 4. The average molecular weight is 168 g/mol. The van der Waals surface area contributed by atoms with Gasteiger partial charge in [-0.15, -0.1) is 0 Å². The molecule has 0 saturated carbocycles. The second-order valence-corrected chi connectivity index (χ2v) is 2.07. The van der Waals surface area contributed by atoms with Crippen molar-refractivity contribution in [2.45, 2.75) is 13.8 Å². The molecule has 4 heteroatoms. The Morgan fingerprint density at radius 3 is 2.17 bits per heavy atom. The minimum absolute atomic E-state index is 0.390. The molecule has 0 saturated heterocycles. The fourth-order valence-corrected chi connectivity index (χ4v) is 0.749. The highest BCUT2D eigenvalue weighted by atomic mass is 16.5. The van der Waals surface area contributed by atoms with Crippen molar-refractivity contribution in [3.05, 3.63) is 12.4 Å². The van der Waals surface area contributed by atoms with Gasteiger partial charge in [0, 0.05) is 0 Å². The Balaban J connectivity index is 2.58. The fraction of sp³-hybridized carbons (Fsp3) is 0.500. The lowest BCUT2D eigenvalue weighted by Gasteiger charge is -2.02. The minimum Gasteiger partial charge on any atom is -0.491 e. The van der Waals surface area contributed by atoms with Gasteiger partial charge in [-0.25, -0.2) is 0 Å². The first-order valence-electron chi connectivity index (χ1n) is 3.94. The van der Waals surface area contributed by atoms with Crippen LogP contribution in [0.2, 0.25) is 0 Å². The molecule has 0 bridgehead atoms. The molecule has 1 heterocycles. The zero-order valence-electron chi connectivity index (χ0n) is 7.28. The van der Waals surface area contributed by atoms with Crippen molar-refractivity contribution >= 4 is 0 Å². The molecule has 0 aliphatic rings. The predicted molar refractivity (Wildman–Crippen MR) is 44.4 cm³/mol. The first kappa shape index (κ1) is 8.77. The number of ether oxygens (including phenoxy) is 2. The molecule has 0 aromatic carbocycles. The maximum absolute atomic E-state index is 5.16. The summed E-state index contributed by atoms with van der Waals surface area (Å²) in [5, 5.41) is 0. The maximum Gasteiger partial charge on any atom is 0.316 e. The van der Waals surface area contributed by atoms with Gasteiger partial charge in [-0.05, 0) is 13.8 Å². The summed E-state index contributed by atoms with van der Waals surface area (Å²) in [7, 11) is 0. The van der Waals surface area contributed by atoms with Crippen LogP contribution in [0.25, 0.3) is 0 Å². The lowest BCUT2D eigenvalue weighted by Crippen LogP contribution is -1.98. The Kier molecular flexibility index (Phi) is 3.32. The van der Waals surface area contributed by atoms with E-state index in [-0.39, 0.29) is 0 Å². The van der Waals surface area contributed by atoms with Crippen LogP contribution in [0.5, 0.6) is 11.8 Å². The molecule has 0 atom stereocenters. The van der Waals surface area contributed by atoms with E-state index in [0.717, 1.165) is 0 Å². The van der Waals surface area contributed by atoms with Crippen molar-refractivity contribution in [2.75, 3.05) is 13.2 Å². The Morgan fingerprint density at radius 2 is 1.67 bits per heavy atom. The standard InChI is InChI=1S/C8H12N2O2/c1-3-11-7-5-9-8(10-6-7)12-4-2/h5-6H,3-4H2,1-2H3. The molecule has 0 unspecified atom stereocenters. The average Bonchev–Trinajstić information content (AvgIpc) is 2.09. The molecule has 1 aromatic rings. The van der Waals surface area contributed by atoms with Gasteiger partial charge in [0.05, 0.1) is 25.6 Å². The van der Waals surface area contributed by atoms with Crippen LogP contribution >= 0.6 is 0 Å². The van der Waals surface area contributed by atoms with Crippen molar-refractivity contribution in [3.8, 4) is 11.8 Å². The van der Waals surface area contributed by atoms with Crippen LogP contribution in [0.4, 0.5) is 0 Å². The van der Waals surface area contributed by atoms with Crippen LogP contribution in [0, 0.1) is 0 Å². The van der Waals surface area contributed by atoms with Crippen LogP contribution in [0.3, 0.4) is 0 Å². The van der Waals surface area contributed by atoms with Crippen molar-refractivity contribution in [2.24, 2.45) is 0 Å². The van der Waals surface area contributed by atoms with Crippen molar-refractivity contribution in [1.29, 1.82) is 0 Å². The van der Waals surface area contributed by atoms with E-state index in [9.17, 15) is 0 Å². The van der Waals surface area contributed by atoms with E-state index >= 15 is 0 Å². The second kappa shape index (κ2) is 4.54. The van der Waals surface area contributed by atoms with Crippen LogP contribution in [0.1, 0.15) is 13.8 Å². The molecule has 0 aliphatic carbocycles. The maximum atomic E-state index is 5.16. The summed E-state index contributed by atoms with van der Waals surface area (Å²) in [6.07, 6.45) is 3.20. The summed E-state index contributed by atoms with van der Waals surface area (Å²) in [5.74, 6) is 0.668. The molecule has 0 spiro atoms. The van der Waals surface area contributed by atoms with Gasteiger partial charge in [-0.3, -0.25) is 0 Å². The number of nitrogens with zero attached hydrogens (tertiary/aromatic N) is 2. The predicted octanol–water partition coefficient (Wildman–Crippen LogP) is 1.27. The zero-order valence-corrected chi connectivity index (χ0v) is 7.28. The van der Waals surface area contributed by atoms with E-state index in [1.165, 1.54) is 0 Å².